The highest BCUT2D eigenvalue weighted by Gasteiger charge is 2.28. The van der Waals surface area contributed by atoms with E-state index in [1.54, 1.807) is 0 Å². The molecule has 1 saturated heterocycles. The van der Waals surface area contributed by atoms with Crippen molar-refractivity contribution in [3.8, 4) is 0 Å². The van der Waals surface area contributed by atoms with E-state index >= 15 is 0 Å². The van der Waals surface area contributed by atoms with Crippen LogP contribution in [0.5, 0.6) is 0 Å². The quantitative estimate of drug-likeness (QED) is 0.886. The molecule has 1 unspecified atom stereocenters. The average molecular weight is 251 g/mol. The molecule has 3 rings (SSSR count). The van der Waals surface area contributed by atoms with Gasteiger partial charge in [-0.1, -0.05) is 5.16 Å². The summed E-state index contributed by atoms with van der Waals surface area (Å²) in [5, 5.41) is 4.12. The van der Waals surface area contributed by atoms with Crippen LogP contribution in [0.15, 0.2) is 4.52 Å². The maximum Gasteiger partial charge on any atom is 0.229 e. The van der Waals surface area contributed by atoms with Crippen LogP contribution in [0.25, 0.3) is 0 Å². The van der Waals surface area contributed by atoms with Crippen LogP contribution in [0.4, 0.5) is 0 Å². The van der Waals surface area contributed by atoms with Gasteiger partial charge in [0.25, 0.3) is 0 Å². The van der Waals surface area contributed by atoms with Crippen molar-refractivity contribution in [3.05, 3.63) is 11.7 Å². The van der Waals surface area contributed by atoms with Gasteiger partial charge in [0.2, 0.25) is 5.89 Å². The third-order valence-electron chi connectivity index (χ3n) is 4.28. The second-order valence-corrected chi connectivity index (χ2v) is 5.50. The molecular formula is C13H21N3O2. The van der Waals surface area contributed by atoms with Crippen LogP contribution in [-0.2, 0) is 4.74 Å². The Bertz CT molecular complexity index is 379. The van der Waals surface area contributed by atoms with Crippen molar-refractivity contribution in [1.82, 2.24) is 10.1 Å². The van der Waals surface area contributed by atoms with E-state index in [9.17, 15) is 0 Å². The molecule has 2 fully saturated rings. The summed E-state index contributed by atoms with van der Waals surface area (Å²) in [7, 11) is 0. The first-order chi connectivity index (χ1) is 8.86. The number of nitrogens with zero attached hydrogens (tertiary/aromatic N) is 2. The lowest BCUT2D eigenvalue weighted by molar-refractivity contribution is 0.192. The third-order valence-corrected chi connectivity index (χ3v) is 4.28. The van der Waals surface area contributed by atoms with Gasteiger partial charge in [-0.3, -0.25) is 0 Å². The lowest BCUT2D eigenvalue weighted by Gasteiger charge is -2.24. The lowest BCUT2D eigenvalue weighted by atomic mass is 9.82. The minimum Gasteiger partial charge on any atom is -0.381 e. The van der Waals surface area contributed by atoms with Gasteiger partial charge in [-0.05, 0) is 44.6 Å². The van der Waals surface area contributed by atoms with E-state index in [-0.39, 0.29) is 0 Å². The molecule has 5 heteroatoms. The van der Waals surface area contributed by atoms with Gasteiger partial charge in [-0.25, -0.2) is 0 Å². The number of aromatic nitrogens is 2. The van der Waals surface area contributed by atoms with Crippen molar-refractivity contribution in [1.29, 1.82) is 0 Å². The fourth-order valence-electron chi connectivity index (χ4n) is 2.96. The maximum absolute atomic E-state index is 5.71. The molecule has 5 nitrogen and oxygen atoms in total. The molecule has 2 heterocycles. The van der Waals surface area contributed by atoms with Crippen molar-refractivity contribution in [2.45, 2.75) is 43.9 Å². The molecule has 1 saturated carbocycles. The SMILES string of the molecule is NCC1CCC(c2nc(C3CCOC3)no2)CC1. The molecule has 0 bridgehead atoms. The van der Waals surface area contributed by atoms with Crippen molar-refractivity contribution < 1.29 is 9.26 Å². The van der Waals surface area contributed by atoms with Crippen LogP contribution in [-0.4, -0.2) is 29.9 Å². The van der Waals surface area contributed by atoms with Crippen molar-refractivity contribution >= 4 is 0 Å². The summed E-state index contributed by atoms with van der Waals surface area (Å²) in [5.74, 6) is 3.13. The van der Waals surface area contributed by atoms with Crippen LogP contribution in [0.2, 0.25) is 0 Å². The Morgan fingerprint density at radius 2 is 1.94 bits per heavy atom. The number of hydrogen-bond donors (Lipinski definition) is 1. The molecule has 1 aromatic rings. The number of ether oxygens (including phenoxy) is 1. The lowest BCUT2D eigenvalue weighted by Crippen LogP contribution is -2.20. The van der Waals surface area contributed by atoms with Crippen LogP contribution >= 0.6 is 0 Å². The van der Waals surface area contributed by atoms with Gasteiger partial charge in [0.15, 0.2) is 5.82 Å². The average Bonchev–Trinajstić information content (AvgIpc) is 3.09. The minimum atomic E-state index is 0.336. The van der Waals surface area contributed by atoms with E-state index in [0.717, 1.165) is 50.7 Å². The molecule has 18 heavy (non-hydrogen) atoms. The molecule has 1 aliphatic carbocycles. The van der Waals surface area contributed by atoms with Gasteiger partial charge in [0.05, 0.1) is 6.61 Å². The van der Waals surface area contributed by atoms with Crippen molar-refractivity contribution in [3.63, 3.8) is 0 Å². The van der Waals surface area contributed by atoms with E-state index in [4.69, 9.17) is 15.0 Å². The van der Waals surface area contributed by atoms with Crippen molar-refractivity contribution in [2.75, 3.05) is 19.8 Å². The maximum atomic E-state index is 5.71. The fraction of sp³-hybridized carbons (Fsp3) is 0.846. The molecule has 2 aliphatic rings. The van der Waals surface area contributed by atoms with Crippen LogP contribution in [0.3, 0.4) is 0 Å². The molecule has 100 valence electrons. The van der Waals surface area contributed by atoms with E-state index in [0.29, 0.717) is 17.8 Å². The predicted octanol–water partition coefficient (Wildman–Crippen LogP) is 1.81. The summed E-state index contributed by atoms with van der Waals surface area (Å²) < 4.78 is 10.8. The van der Waals surface area contributed by atoms with Gasteiger partial charge in [-0.2, -0.15) is 4.98 Å². The molecular weight excluding hydrogens is 230 g/mol. The van der Waals surface area contributed by atoms with Gasteiger partial charge in [-0.15, -0.1) is 0 Å². The largest absolute Gasteiger partial charge is 0.381 e. The van der Waals surface area contributed by atoms with Gasteiger partial charge < -0.3 is 15.0 Å². The summed E-state index contributed by atoms with van der Waals surface area (Å²) >= 11 is 0. The highest BCUT2D eigenvalue weighted by Crippen LogP contribution is 2.35. The molecule has 0 spiro atoms. The Kier molecular flexibility index (Phi) is 3.61. The summed E-state index contributed by atoms with van der Waals surface area (Å²) in [6.07, 6.45) is 5.64. The predicted molar refractivity (Wildman–Crippen MR) is 66.2 cm³/mol. The number of nitrogens with two attached hydrogens (primary N) is 1. The zero-order chi connectivity index (χ0) is 12.4. The molecule has 1 atom stereocenters. The first kappa shape index (κ1) is 12.1. The van der Waals surface area contributed by atoms with Gasteiger partial charge in [0, 0.05) is 18.4 Å². The smallest absolute Gasteiger partial charge is 0.229 e. The Balaban J connectivity index is 1.62. The third kappa shape index (κ3) is 2.42. The molecule has 0 radical (unpaired) electrons. The van der Waals surface area contributed by atoms with Gasteiger partial charge in [0.1, 0.15) is 0 Å². The first-order valence-electron chi connectivity index (χ1n) is 6.98. The van der Waals surface area contributed by atoms with Crippen molar-refractivity contribution in [2.24, 2.45) is 11.7 Å². The Hall–Kier alpha value is -0.940. The van der Waals surface area contributed by atoms with Crippen LogP contribution in [0.1, 0.15) is 55.7 Å². The monoisotopic (exact) mass is 251 g/mol. The minimum absolute atomic E-state index is 0.336. The summed E-state index contributed by atoms with van der Waals surface area (Å²) in [6.45, 7) is 2.36. The Morgan fingerprint density at radius 3 is 2.61 bits per heavy atom. The van der Waals surface area contributed by atoms with E-state index < -0.39 is 0 Å². The zero-order valence-corrected chi connectivity index (χ0v) is 10.7. The highest BCUT2D eigenvalue weighted by molar-refractivity contribution is 5.01. The second-order valence-electron chi connectivity index (χ2n) is 5.50. The van der Waals surface area contributed by atoms with E-state index in [1.807, 2.05) is 0 Å². The molecule has 1 aromatic heterocycles. The van der Waals surface area contributed by atoms with Gasteiger partial charge >= 0.3 is 0 Å². The molecule has 2 N–H and O–H groups in total. The molecule has 1 aliphatic heterocycles. The number of hydrogen-bond acceptors (Lipinski definition) is 5. The van der Waals surface area contributed by atoms with Crippen LogP contribution < -0.4 is 5.73 Å². The Morgan fingerprint density at radius 1 is 1.11 bits per heavy atom. The molecule has 0 aromatic carbocycles. The number of rotatable bonds is 3. The summed E-state index contributed by atoms with van der Waals surface area (Å²) in [5.41, 5.74) is 5.71. The van der Waals surface area contributed by atoms with E-state index in [2.05, 4.69) is 10.1 Å². The standard InChI is InChI=1S/C13H21N3O2/c14-7-9-1-3-10(4-2-9)13-15-12(16-18-13)11-5-6-17-8-11/h9-11H,1-8,14H2. The summed E-state index contributed by atoms with van der Waals surface area (Å²) in [6, 6.07) is 0. The highest BCUT2D eigenvalue weighted by atomic mass is 16.5. The topological polar surface area (TPSA) is 74.2 Å². The Labute approximate surface area is 107 Å². The first-order valence-corrected chi connectivity index (χ1v) is 6.98. The second kappa shape index (κ2) is 5.36. The summed E-state index contributed by atoms with van der Waals surface area (Å²) in [4.78, 5) is 4.58. The zero-order valence-electron chi connectivity index (χ0n) is 10.7. The molecule has 0 amide bonds. The normalized spacial score (nSPS) is 32.8. The van der Waals surface area contributed by atoms with Crippen LogP contribution in [0, 0.1) is 5.92 Å². The fourth-order valence-corrected chi connectivity index (χ4v) is 2.96. The van der Waals surface area contributed by atoms with E-state index in [1.165, 1.54) is 12.8 Å².